The van der Waals surface area contributed by atoms with Crippen LogP contribution in [-0.2, 0) is 16.1 Å². The fourth-order valence-electron chi connectivity index (χ4n) is 2.30. The number of nitrogens with one attached hydrogen (secondary N) is 1. The van der Waals surface area contributed by atoms with E-state index >= 15 is 0 Å². The lowest BCUT2D eigenvalue weighted by atomic mass is 10.1. The zero-order chi connectivity index (χ0) is 15.4. The number of amides is 1. The van der Waals surface area contributed by atoms with Crippen molar-refractivity contribution in [1.29, 1.82) is 0 Å². The number of benzene rings is 1. The summed E-state index contributed by atoms with van der Waals surface area (Å²) in [6, 6.07) is 5.80. The predicted molar refractivity (Wildman–Crippen MR) is 75.1 cm³/mol. The van der Waals surface area contributed by atoms with Gasteiger partial charge in [0, 0.05) is 25.2 Å². The van der Waals surface area contributed by atoms with Gasteiger partial charge in [0.25, 0.3) is 0 Å². The highest BCUT2D eigenvalue weighted by atomic mass is 19.1. The Kier molecular flexibility index (Phi) is 4.43. The van der Waals surface area contributed by atoms with Crippen LogP contribution in [0.15, 0.2) is 28.8 Å². The van der Waals surface area contributed by atoms with Gasteiger partial charge < -0.3 is 14.6 Å². The molecule has 0 aliphatic carbocycles. The SMILES string of the molecule is O=C(C[C@@H]1CCOC1)NCc1nc(-c2ccc(F)cc2)no1. The zero-order valence-electron chi connectivity index (χ0n) is 11.9. The molecule has 22 heavy (non-hydrogen) atoms. The van der Waals surface area contributed by atoms with Gasteiger partial charge in [0.15, 0.2) is 0 Å². The third kappa shape index (κ3) is 3.67. The van der Waals surface area contributed by atoms with Gasteiger partial charge in [-0.05, 0) is 36.6 Å². The maximum absolute atomic E-state index is 12.9. The van der Waals surface area contributed by atoms with Crippen molar-refractivity contribution in [3.8, 4) is 11.4 Å². The van der Waals surface area contributed by atoms with E-state index in [2.05, 4.69) is 15.5 Å². The molecule has 1 amide bonds. The van der Waals surface area contributed by atoms with Crippen molar-refractivity contribution in [1.82, 2.24) is 15.5 Å². The van der Waals surface area contributed by atoms with Gasteiger partial charge in [0.2, 0.25) is 17.6 Å². The lowest BCUT2D eigenvalue weighted by Crippen LogP contribution is -2.25. The molecular formula is C15H16FN3O3. The summed E-state index contributed by atoms with van der Waals surface area (Å²) in [6.07, 6.45) is 1.36. The molecule has 3 rings (SSSR count). The third-order valence-corrected chi connectivity index (χ3v) is 3.51. The molecule has 0 bridgehead atoms. The molecule has 1 fully saturated rings. The second-order valence-corrected chi connectivity index (χ2v) is 5.23. The molecular weight excluding hydrogens is 289 g/mol. The van der Waals surface area contributed by atoms with Crippen LogP contribution in [0.1, 0.15) is 18.7 Å². The molecule has 2 aromatic rings. The standard InChI is InChI=1S/C15H16FN3O3/c16-12-3-1-11(2-4-12)15-18-14(22-19-15)8-17-13(20)7-10-5-6-21-9-10/h1-4,10H,5-9H2,(H,17,20)/t10-/m0/s1. The Morgan fingerprint density at radius 3 is 2.91 bits per heavy atom. The Labute approximate surface area is 126 Å². The molecule has 0 unspecified atom stereocenters. The Morgan fingerprint density at radius 2 is 2.18 bits per heavy atom. The van der Waals surface area contributed by atoms with E-state index < -0.39 is 0 Å². The Bertz CT molecular complexity index is 636. The zero-order valence-corrected chi connectivity index (χ0v) is 11.9. The smallest absolute Gasteiger partial charge is 0.246 e. The predicted octanol–water partition coefficient (Wildman–Crippen LogP) is 1.92. The van der Waals surface area contributed by atoms with Gasteiger partial charge in [0.05, 0.1) is 6.54 Å². The molecule has 2 heterocycles. The molecule has 1 N–H and O–H groups in total. The molecule has 1 aliphatic rings. The first-order chi connectivity index (χ1) is 10.7. The van der Waals surface area contributed by atoms with E-state index in [0.29, 0.717) is 30.3 Å². The highest BCUT2D eigenvalue weighted by molar-refractivity contribution is 5.76. The molecule has 1 aliphatic heterocycles. The number of carbonyl (C=O) groups is 1. The molecule has 1 saturated heterocycles. The van der Waals surface area contributed by atoms with E-state index in [1.165, 1.54) is 12.1 Å². The van der Waals surface area contributed by atoms with Crippen LogP contribution >= 0.6 is 0 Å². The Balaban J connectivity index is 1.53. The van der Waals surface area contributed by atoms with Gasteiger partial charge >= 0.3 is 0 Å². The van der Waals surface area contributed by atoms with Crippen molar-refractivity contribution in [2.75, 3.05) is 13.2 Å². The first-order valence-corrected chi connectivity index (χ1v) is 7.13. The number of carbonyl (C=O) groups excluding carboxylic acids is 1. The van der Waals surface area contributed by atoms with Crippen molar-refractivity contribution in [3.05, 3.63) is 36.0 Å². The lowest BCUT2D eigenvalue weighted by molar-refractivity contribution is -0.122. The fourth-order valence-corrected chi connectivity index (χ4v) is 2.30. The van der Waals surface area contributed by atoms with Gasteiger partial charge in [-0.25, -0.2) is 4.39 Å². The van der Waals surface area contributed by atoms with Crippen LogP contribution in [0.5, 0.6) is 0 Å². The first kappa shape index (κ1) is 14.6. The van der Waals surface area contributed by atoms with Gasteiger partial charge in [-0.15, -0.1) is 0 Å². The number of nitrogens with zero attached hydrogens (tertiary/aromatic N) is 2. The maximum atomic E-state index is 12.9. The van der Waals surface area contributed by atoms with Crippen LogP contribution in [0, 0.1) is 11.7 Å². The van der Waals surface area contributed by atoms with Crippen molar-refractivity contribution in [2.24, 2.45) is 5.92 Å². The monoisotopic (exact) mass is 305 g/mol. The largest absolute Gasteiger partial charge is 0.381 e. The molecule has 0 radical (unpaired) electrons. The average Bonchev–Trinajstić information content (AvgIpc) is 3.17. The summed E-state index contributed by atoms with van der Waals surface area (Å²) in [5.74, 6) is 0.592. The molecule has 7 heteroatoms. The molecule has 1 aromatic heterocycles. The van der Waals surface area contributed by atoms with E-state index in [4.69, 9.17) is 9.26 Å². The minimum Gasteiger partial charge on any atom is -0.381 e. The molecule has 0 spiro atoms. The van der Waals surface area contributed by atoms with Crippen molar-refractivity contribution in [2.45, 2.75) is 19.4 Å². The Morgan fingerprint density at radius 1 is 1.36 bits per heavy atom. The number of aromatic nitrogens is 2. The minimum absolute atomic E-state index is 0.0583. The van der Waals surface area contributed by atoms with Gasteiger partial charge in [-0.3, -0.25) is 4.79 Å². The third-order valence-electron chi connectivity index (χ3n) is 3.51. The van der Waals surface area contributed by atoms with Crippen LogP contribution < -0.4 is 5.32 Å². The molecule has 116 valence electrons. The second-order valence-electron chi connectivity index (χ2n) is 5.23. The summed E-state index contributed by atoms with van der Waals surface area (Å²) in [6.45, 7) is 1.55. The normalized spacial score (nSPS) is 17.6. The fraction of sp³-hybridized carbons (Fsp3) is 0.400. The minimum atomic E-state index is -0.323. The van der Waals surface area contributed by atoms with Crippen LogP contribution in [-0.4, -0.2) is 29.3 Å². The molecule has 0 saturated carbocycles. The van der Waals surface area contributed by atoms with E-state index in [9.17, 15) is 9.18 Å². The average molecular weight is 305 g/mol. The highest BCUT2D eigenvalue weighted by Crippen LogP contribution is 2.17. The summed E-state index contributed by atoms with van der Waals surface area (Å²) in [7, 11) is 0. The van der Waals surface area contributed by atoms with Gasteiger partial charge in [0.1, 0.15) is 5.82 Å². The summed E-state index contributed by atoms with van der Waals surface area (Å²) >= 11 is 0. The summed E-state index contributed by atoms with van der Waals surface area (Å²) < 4.78 is 23.2. The number of rotatable bonds is 5. The first-order valence-electron chi connectivity index (χ1n) is 7.13. The highest BCUT2D eigenvalue weighted by Gasteiger charge is 2.19. The van der Waals surface area contributed by atoms with E-state index in [0.717, 1.165) is 13.0 Å². The summed E-state index contributed by atoms with van der Waals surface area (Å²) in [4.78, 5) is 16.0. The van der Waals surface area contributed by atoms with Crippen molar-refractivity contribution in [3.63, 3.8) is 0 Å². The summed E-state index contributed by atoms with van der Waals surface area (Å²) in [5.41, 5.74) is 0.658. The quantitative estimate of drug-likeness (QED) is 0.913. The number of ether oxygens (including phenoxy) is 1. The van der Waals surface area contributed by atoms with Crippen molar-refractivity contribution >= 4 is 5.91 Å². The number of hydrogen-bond acceptors (Lipinski definition) is 5. The van der Waals surface area contributed by atoms with Gasteiger partial charge in [-0.1, -0.05) is 5.16 Å². The number of hydrogen-bond donors (Lipinski definition) is 1. The van der Waals surface area contributed by atoms with Crippen LogP contribution in [0.3, 0.4) is 0 Å². The van der Waals surface area contributed by atoms with E-state index in [1.54, 1.807) is 12.1 Å². The second kappa shape index (κ2) is 6.65. The van der Waals surface area contributed by atoms with E-state index in [1.807, 2.05) is 0 Å². The lowest BCUT2D eigenvalue weighted by Gasteiger charge is -2.06. The topological polar surface area (TPSA) is 77.2 Å². The molecule has 1 aromatic carbocycles. The van der Waals surface area contributed by atoms with E-state index in [-0.39, 0.29) is 24.2 Å². The van der Waals surface area contributed by atoms with Crippen LogP contribution in [0.25, 0.3) is 11.4 Å². The summed E-state index contributed by atoms with van der Waals surface area (Å²) in [5, 5.41) is 6.57. The van der Waals surface area contributed by atoms with Crippen LogP contribution in [0.2, 0.25) is 0 Å². The Hall–Kier alpha value is -2.28. The molecule has 1 atom stereocenters. The van der Waals surface area contributed by atoms with Gasteiger partial charge in [-0.2, -0.15) is 4.98 Å². The van der Waals surface area contributed by atoms with Crippen LogP contribution in [0.4, 0.5) is 4.39 Å². The maximum Gasteiger partial charge on any atom is 0.246 e. The van der Waals surface area contributed by atoms with Crippen molar-refractivity contribution < 1.29 is 18.4 Å². The molecule has 6 nitrogen and oxygen atoms in total. The number of halogens is 1.